The summed E-state index contributed by atoms with van der Waals surface area (Å²) in [4.78, 5) is 22.0. The van der Waals surface area contributed by atoms with E-state index in [0.29, 0.717) is 0 Å². The first-order valence-electron chi connectivity index (χ1n) is 8.75. The van der Waals surface area contributed by atoms with Crippen molar-refractivity contribution >= 4 is 11.9 Å². The SMILES string of the molecule is CC(=O)OCC(OC(O)C(O)O)C(C)OC1OC(COC(C)=O)C(O)C(O)C1O. The lowest BCUT2D eigenvalue weighted by atomic mass is 9.99. The summed E-state index contributed by atoms with van der Waals surface area (Å²) in [6.07, 6.45) is -14.3. The lowest BCUT2D eigenvalue weighted by Gasteiger charge is -2.41. The molecule has 8 unspecified atom stereocenters. The summed E-state index contributed by atoms with van der Waals surface area (Å²) >= 11 is 0. The number of esters is 2. The zero-order chi connectivity index (χ0) is 22.3. The Kier molecular flexibility index (Phi) is 10.3. The molecule has 8 atom stereocenters. The van der Waals surface area contributed by atoms with Crippen LogP contribution in [0.3, 0.4) is 0 Å². The Bertz CT molecular complexity index is 527. The number of aliphatic hydroxyl groups excluding tert-OH is 5. The Hall–Kier alpha value is -1.42. The summed E-state index contributed by atoms with van der Waals surface area (Å²) in [6, 6.07) is 0. The molecule has 0 bridgehead atoms. The fourth-order valence-corrected chi connectivity index (χ4v) is 2.40. The van der Waals surface area contributed by atoms with Crippen LogP contribution in [0.1, 0.15) is 20.8 Å². The first-order valence-corrected chi connectivity index (χ1v) is 8.75. The Balaban J connectivity index is 2.83. The van der Waals surface area contributed by atoms with E-state index >= 15 is 0 Å². The number of rotatable bonds is 10. The zero-order valence-corrected chi connectivity index (χ0v) is 16.2. The van der Waals surface area contributed by atoms with Crippen molar-refractivity contribution in [3.63, 3.8) is 0 Å². The van der Waals surface area contributed by atoms with Crippen molar-refractivity contribution in [3.8, 4) is 0 Å². The van der Waals surface area contributed by atoms with Gasteiger partial charge in [0.15, 0.2) is 6.29 Å². The van der Waals surface area contributed by atoms with Crippen molar-refractivity contribution in [2.45, 2.75) is 76.3 Å². The summed E-state index contributed by atoms with van der Waals surface area (Å²) in [6.45, 7) is 2.75. The van der Waals surface area contributed by atoms with Gasteiger partial charge < -0.3 is 54.3 Å². The smallest absolute Gasteiger partial charge is 0.302 e. The lowest BCUT2D eigenvalue weighted by molar-refractivity contribution is -0.327. The molecule has 1 aliphatic rings. The van der Waals surface area contributed by atoms with E-state index in [9.17, 15) is 30.0 Å². The van der Waals surface area contributed by atoms with Crippen LogP contribution >= 0.6 is 0 Å². The molecule has 170 valence electrons. The van der Waals surface area contributed by atoms with E-state index in [2.05, 4.69) is 0 Å². The van der Waals surface area contributed by atoms with Crippen LogP contribution < -0.4 is 0 Å². The van der Waals surface area contributed by atoms with Crippen LogP contribution in [0.25, 0.3) is 0 Å². The van der Waals surface area contributed by atoms with Gasteiger partial charge in [0.2, 0.25) is 12.6 Å². The van der Waals surface area contributed by atoms with Crippen molar-refractivity contribution in [2.24, 2.45) is 0 Å². The molecule has 0 aromatic carbocycles. The summed E-state index contributed by atoms with van der Waals surface area (Å²) in [5, 5.41) is 57.5. The Morgan fingerprint density at radius 3 is 2.07 bits per heavy atom. The first kappa shape index (κ1) is 25.6. The molecule has 0 aliphatic carbocycles. The molecule has 0 radical (unpaired) electrons. The first-order chi connectivity index (χ1) is 13.4. The number of carbonyl (C=O) groups is 2. The van der Waals surface area contributed by atoms with E-state index < -0.39 is 80.6 Å². The fourth-order valence-electron chi connectivity index (χ4n) is 2.40. The summed E-state index contributed by atoms with van der Waals surface area (Å²) < 4.78 is 25.3. The van der Waals surface area contributed by atoms with Crippen LogP contribution in [0.5, 0.6) is 0 Å². The highest BCUT2D eigenvalue weighted by Gasteiger charge is 2.46. The highest BCUT2D eigenvalue weighted by molar-refractivity contribution is 5.66. The zero-order valence-electron chi connectivity index (χ0n) is 16.2. The van der Waals surface area contributed by atoms with E-state index in [0.717, 1.165) is 13.8 Å². The highest BCUT2D eigenvalue weighted by Crippen LogP contribution is 2.24. The molecule has 6 N–H and O–H groups in total. The highest BCUT2D eigenvalue weighted by atomic mass is 16.7. The maximum atomic E-state index is 11.0. The number of hydrogen-bond donors (Lipinski definition) is 6. The number of aliphatic hydroxyl groups is 6. The molecule has 13 heteroatoms. The molecule has 29 heavy (non-hydrogen) atoms. The van der Waals surface area contributed by atoms with Crippen LogP contribution in [-0.4, -0.2) is 111 Å². The van der Waals surface area contributed by atoms with Gasteiger partial charge in [-0.15, -0.1) is 0 Å². The van der Waals surface area contributed by atoms with Gasteiger partial charge in [0.05, 0.1) is 6.10 Å². The van der Waals surface area contributed by atoms with E-state index in [1.807, 2.05) is 0 Å². The lowest BCUT2D eigenvalue weighted by Crippen LogP contribution is -2.60. The van der Waals surface area contributed by atoms with Crippen molar-refractivity contribution in [3.05, 3.63) is 0 Å². The monoisotopic (exact) mass is 428 g/mol. The van der Waals surface area contributed by atoms with Gasteiger partial charge in [-0.2, -0.15) is 0 Å². The summed E-state index contributed by atoms with van der Waals surface area (Å²) in [5.41, 5.74) is 0. The summed E-state index contributed by atoms with van der Waals surface area (Å²) in [7, 11) is 0. The van der Waals surface area contributed by atoms with Crippen molar-refractivity contribution < 1.29 is 63.9 Å². The molecule has 1 heterocycles. The van der Waals surface area contributed by atoms with Gasteiger partial charge in [-0.25, -0.2) is 0 Å². The standard InChI is InChI=1S/C16H28O13/c1-6(9(4-25-7(2)17)28-15(24)14(22)23)27-16-13(21)12(20)11(19)10(29-16)5-26-8(3)18/h6,9-16,19-24H,4-5H2,1-3H3. The van der Waals surface area contributed by atoms with Crippen molar-refractivity contribution in [2.75, 3.05) is 13.2 Å². The molecular weight excluding hydrogens is 400 g/mol. The molecule has 0 aromatic heterocycles. The third kappa shape index (κ3) is 8.08. The Morgan fingerprint density at radius 2 is 1.55 bits per heavy atom. The second-order valence-corrected chi connectivity index (χ2v) is 6.44. The second kappa shape index (κ2) is 11.7. The van der Waals surface area contributed by atoms with Gasteiger partial charge in [-0.1, -0.05) is 0 Å². The average molecular weight is 428 g/mol. The Labute approximate surface area is 166 Å². The largest absolute Gasteiger partial charge is 0.463 e. The third-order valence-electron chi connectivity index (χ3n) is 4.01. The summed E-state index contributed by atoms with van der Waals surface area (Å²) in [5.74, 6) is -1.34. The van der Waals surface area contributed by atoms with Gasteiger partial charge in [-0.3, -0.25) is 9.59 Å². The van der Waals surface area contributed by atoms with E-state index in [1.54, 1.807) is 0 Å². The topological polar surface area (TPSA) is 202 Å². The van der Waals surface area contributed by atoms with E-state index in [-0.39, 0.29) is 0 Å². The van der Waals surface area contributed by atoms with E-state index in [4.69, 9.17) is 33.9 Å². The van der Waals surface area contributed by atoms with Crippen molar-refractivity contribution in [1.82, 2.24) is 0 Å². The van der Waals surface area contributed by atoms with Gasteiger partial charge in [0.1, 0.15) is 43.7 Å². The molecule has 13 nitrogen and oxygen atoms in total. The molecule has 1 aliphatic heterocycles. The molecule has 1 fully saturated rings. The number of ether oxygens (including phenoxy) is 5. The Morgan fingerprint density at radius 1 is 0.966 bits per heavy atom. The minimum atomic E-state index is -2.25. The number of hydrogen-bond acceptors (Lipinski definition) is 13. The van der Waals surface area contributed by atoms with Crippen LogP contribution in [0.15, 0.2) is 0 Å². The third-order valence-corrected chi connectivity index (χ3v) is 4.01. The molecule has 1 rings (SSSR count). The quantitative estimate of drug-likeness (QED) is 0.147. The minimum Gasteiger partial charge on any atom is -0.463 e. The van der Waals surface area contributed by atoms with Crippen LogP contribution in [0, 0.1) is 0 Å². The average Bonchev–Trinajstić information content (AvgIpc) is 2.63. The molecule has 0 saturated carbocycles. The van der Waals surface area contributed by atoms with Gasteiger partial charge in [0, 0.05) is 13.8 Å². The van der Waals surface area contributed by atoms with Crippen LogP contribution in [-0.2, 0) is 33.3 Å². The predicted molar refractivity (Wildman–Crippen MR) is 89.6 cm³/mol. The predicted octanol–water partition coefficient (Wildman–Crippen LogP) is -3.66. The fraction of sp³-hybridized carbons (Fsp3) is 0.875. The van der Waals surface area contributed by atoms with Crippen LogP contribution in [0.4, 0.5) is 0 Å². The van der Waals surface area contributed by atoms with Crippen LogP contribution in [0.2, 0.25) is 0 Å². The maximum absolute atomic E-state index is 11.0. The number of carbonyl (C=O) groups excluding carboxylic acids is 2. The van der Waals surface area contributed by atoms with Gasteiger partial charge in [0.25, 0.3) is 0 Å². The molecule has 0 amide bonds. The molecular formula is C16H28O13. The molecule has 1 saturated heterocycles. The molecule has 0 spiro atoms. The maximum Gasteiger partial charge on any atom is 0.302 e. The molecule has 0 aromatic rings. The van der Waals surface area contributed by atoms with E-state index in [1.165, 1.54) is 6.92 Å². The van der Waals surface area contributed by atoms with Gasteiger partial charge in [-0.05, 0) is 6.92 Å². The minimum absolute atomic E-state index is 0.419. The normalized spacial score (nSPS) is 30.5. The second-order valence-electron chi connectivity index (χ2n) is 6.44. The van der Waals surface area contributed by atoms with Gasteiger partial charge >= 0.3 is 11.9 Å². The van der Waals surface area contributed by atoms with Crippen molar-refractivity contribution in [1.29, 1.82) is 0 Å².